The molecule has 1 atom stereocenters. The molecule has 170 valence electrons. The Labute approximate surface area is 198 Å². The van der Waals surface area contributed by atoms with Crippen molar-refractivity contribution in [1.82, 2.24) is 19.9 Å². The first kappa shape index (κ1) is 23.9. The van der Waals surface area contributed by atoms with Crippen molar-refractivity contribution < 1.29 is 4.79 Å². The van der Waals surface area contributed by atoms with E-state index in [1.807, 2.05) is 28.5 Å². The minimum absolute atomic E-state index is 0.0464. The third kappa shape index (κ3) is 7.69. The van der Waals surface area contributed by atoms with Crippen LogP contribution >= 0.6 is 11.3 Å². The lowest BCUT2D eigenvalue weighted by Gasteiger charge is -2.25. The number of thiazole rings is 1. The molecule has 1 saturated heterocycles. The number of hydrogen-bond donors (Lipinski definition) is 2. The van der Waals surface area contributed by atoms with Crippen molar-refractivity contribution in [1.29, 1.82) is 0 Å². The highest BCUT2D eigenvalue weighted by atomic mass is 32.1. The van der Waals surface area contributed by atoms with Gasteiger partial charge < -0.3 is 16.4 Å². The first-order valence-corrected chi connectivity index (χ1v) is 11.6. The zero-order valence-electron chi connectivity index (χ0n) is 18.3. The Balaban J connectivity index is 0.000000226. The second kappa shape index (κ2) is 12.9. The quantitative estimate of drug-likeness (QED) is 0.441. The van der Waals surface area contributed by atoms with E-state index in [4.69, 9.17) is 11.5 Å². The van der Waals surface area contributed by atoms with Gasteiger partial charge in [0.2, 0.25) is 0 Å². The van der Waals surface area contributed by atoms with Crippen molar-refractivity contribution in [2.45, 2.75) is 25.3 Å². The number of benzene rings is 2. The molecule has 0 bridgehead atoms. The maximum absolute atomic E-state index is 12.7. The molecule has 0 spiro atoms. The predicted octanol–water partition coefficient (Wildman–Crippen LogP) is 4.32. The SMILES string of the molecule is Nc1ccc(C(=O)N2CCCC2Cc2ccccc2)cc1N.c1cnccn1.c1cscn1. The molecule has 1 fully saturated rings. The van der Waals surface area contributed by atoms with Crippen LogP contribution in [0.25, 0.3) is 0 Å². The smallest absolute Gasteiger partial charge is 0.254 e. The zero-order chi connectivity index (χ0) is 23.3. The second-order valence-electron chi connectivity index (χ2n) is 7.40. The van der Waals surface area contributed by atoms with E-state index in [0.717, 1.165) is 25.8 Å². The number of amides is 1. The summed E-state index contributed by atoms with van der Waals surface area (Å²) in [4.78, 5) is 25.9. The van der Waals surface area contributed by atoms with Gasteiger partial charge in [0.25, 0.3) is 5.91 Å². The predicted molar refractivity (Wildman–Crippen MR) is 134 cm³/mol. The van der Waals surface area contributed by atoms with Gasteiger partial charge >= 0.3 is 0 Å². The van der Waals surface area contributed by atoms with E-state index < -0.39 is 0 Å². The Hall–Kier alpha value is -3.78. The average Bonchev–Trinajstić information content (AvgIpc) is 3.58. The van der Waals surface area contributed by atoms with E-state index in [9.17, 15) is 4.79 Å². The molecular weight excluding hydrogens is 432 g/mol. The highest BCUT2D eigenvalue weighted by Gasteiger charge is 2.29. The summed E-state index contributed by atoms with van der Waals surface area (Å²) in [5.74, 6) is 0.0464. The van der Waals surface area contributed by atoms with Crippen molar-refractivity contribution in [2.24, 2.45) is 0 Å². The minimum Gasteiger partial charge on any atom is -0.397 e. The standard InChI is InChI=1S/C18H21N3O.C4H4N2.C3H3NS/c19-16-9-8-14(12-17(16)20)18(22)21-10-4-7-15(21)11-13-5-2-1-3-6-13;1-2-6-4-3-5-1;1-2-5-3-4-1/h1-3,5-6,8-9,12,15H,4,7,10-11,19-20H2;1-4H;1-3H. The number of carbonyl (C=O) groups excluding carboxylic acids is 1. The highest BCUT2D eigenvalue weighted by Crippen LogP contribution is 2.25. The normalized spacial score (nSPS) is 14.4. The van der Waals surface area contributed by atoms with Crippen LogP contribution in [0.3, 0.4) is 0 Å². The van der Waals surface area contributed by atoms with Crippen LogP contribution in [0.1, 0.15) is 28.8 Å². The molecule has 0 aliphatic carbocycles. The Morgan fingerprint density at radius 2 is 1.67 bits per heavy atom. The molecule has 3 heterocycles. The number of nitrogens with two attached hydrogens (primary N) is 2. The monoisotopic (exact) mass is 460 g/mol. The first-order chi connectivity index (χ1) is 16.1. The lowest BCUT2D eigenvalue weighted by molar-refractivity contribution is 0.0736. The summed E-state index contributed by atoms with van der Waals surface area (Å²) >= 11 is 1.60. The summed E-state index contributed by atoms with van der Waals surface area (Å²) in [6.07, 6.45) is 11.3. The number of anilines is 2. The van der Waals surface area contributed by atoms with Crippen molar-refractivity contribution >= 4 is 28.6 Å². The molecule has 4 N–H and O–H groups in total. The molecule has 1 amide bonds. The van der Waals surface area contributed by atoms with Crippen LogP contribution in [0.2, 0.25) is 0 Å². The maximum Gasteiger partial charge on any atom is 0.254 e. The van der Waals surface area contributed by atoms with Gasteiger partial charge in [0.15, 0.2) is 0 Å². The first-order valence-electron chi connectivity index (χ1n) is 10.7. The lowest BCUT2D eigenvalue weighted by Crippen LogP contribution is -2.36. The van der Waals surface area contributed by atoms with E-state index >= 15 is 0 Å². The molecule has 2 aromatic heterocycles. The summed E-state index contributed by atoms with van der Waals surface area (Å²) < 4.78 is 0. The molecule has 8 heteroatoms. The number of carbonyl (C=O) groups is 1. The molecule has 0 saturated carbocycles. The zero-order valence-corrected chi connectivity index (χ0v) is 19.1. The Morgan fingerprint density at radius 1 is 0.939 bits per heavy atom. The van der Waals surface area contributed by atoms with Crippen molar-refractivity contribution in [3.63, 3.8) is 0 Å². The summed E-state index contributed by atoms with van der Waals surface area (Å²) in [6.45, 7) is 0.806. The average molecular weight is 461 g/mol. The molecule has 33 heavy (non-hydrogen) atoms. The number of rotatable bonds is 3. The summed E-state index contributed by atoms with van der Waals surface area (Å²) in [7, 11) is 0. The Bertz CT molecular complexity index is 1030. The molecular formula is C25H28N6OS. The summed E-state index contributed by atoms with van der Waals surface area (Å²) in [6, 6.07) is 15.7. The van der Waals surface area contributed by atoms with E-state index in [2.05, 4.69) is 27.1 Å². The van der Waals surface area contributed by atoms with Gasteiger partial charge in [-0.15, -0.1) is 11.3 Å². The minimum atomic E-state index is 0.0464. The molecule has 1 aliphatic rings. The molecule has 0 radical (unpaired) electrons. The fraction of sp³-hybridized carbons (Fsp3) is 0.200. The van der Waals surface area contributed by atoms with Crippen LogP contribution in [-0.2, 0) is 6.42 Å². The van der Waals surface area contributed by atoms with Crippen LogP contribution in [0.15, 0.2) is 90.4 Å². The summed E-state index contributed by atoms with van der Waals surface area (Å²) in [5, 5.41) is 1.93. The van der Waals surface area contributed by atoms with Crippen molar-refractivity contribution in [3.8, 4) is 0 Å². The number of aromatic nitrogens is 3. The van der Waals surface area contributed by atoms with Gasteiger partial charge in [0, 0.05) is 54.5 Å². The van der Waals surface area contributed by atoms with E-state index in [1.165, 1.54) is 5.56 Å². The summed E-state index contributed by atoms with van der Waals surface area (Å²) in [5.41, 5.74) is 16.2. The van der Waals surface area contributed by atoms with Crippen molar-refractivity contribution in [2.75, 3.05) is 18.0 Å². The van der Waals surface area contributed by atoms with Gasteiger partial charge in [-0.2, -0.15) is 0 Å². The molecule has 1 unspecified atom stereocenters. The Morgan fingerprint density at radius 3 is 2.21 bits per heavy atom. The molecule has 7 nitrogen and oxygen atoms in total. The fourth-order valence-corrected chi connectivity index (χ4v) is 3.86. The highest BCUT2D eigenvalue weighted by molar-refractivity contribution is 7.07. The number of hydrogen-bond acceptors (Lipinski definition) is 7. The molecule has 1 aliphatic heterocycles. The molecule has 5 rings (SSSR count). The van der Waals surface area contributed by atoms with Crippen LogP contribution in [0, 0.1) is 0 Å². The van der Waals surface area contributed by atoms with E-state index in [0.29, 0.717) is 16.9 Å². The van der Waals surface area contributed by atoms with Gasteiger partial charge in [-0.05, 0) is 43.0 Å². The number of likely N-dealkylation sites (tertiary alicyclic amines) is 1. The van der Waals surface area contributed by atoms with E-state index in [-0.39, 0.29) is 11.9 Å². The van der Waals surface area contributed by atoms with Crippen LogP contribution in [0.5, 0.6) is 0 Å². The van der Waals surface area contributed by atoms with Crippen molar-refractivity contribution in [3.05, 3.63) is 102 Å². The van der Waals surface area contributed by atoms with Crippen LogP contribution in [0.4, 0.5) is 11.4 Å². The third-order valence-electron chi connectivity index (χ3n) is 5.11. The topological polar surface area (TPSA) is 111 Å². The maximum atomic E-state index is 12.7. The van der Waals surface area contributed by atoms with Gasteiger partial charge in [0.1, 0.15) is 0 Å². The largest absolute Gasteiger partial charge is 0.397 e. The Kier molecular flexibility index (Phi) is 9.35. The van der Waals surface area contributed by atoms with E-state index in [1.54, 1.807) is 66.0 Å². The van der Waals surface area contributed by atoms with Crippen LogP contribution < -0.4 is 11.5 Å². The fourth-order valence-electron chi connectivity index (χ4n) is 3.50. The third-order valence-corrected chi connectivity index (χ3v) is 5.63. The van der Waals surface area contributed by atoms with Gasteiger partial charge in [-0.3, -0.25) is 19.7 Å². The van der Waals surface area contributed by atoms with Gasteiger partial charge in [0.05, 0.1) is 16.9 Å². The number of nitrogens with zero attached hydrogens (tertiary/aromatic N) is 4. The van der Waals surface area contributed by atoms with Crippen LogP contribution in [-0.4, -0.2) is 38.3 Å². The lowest BCUT2D eigenvalue weighted by atomic mass is 10.0. The van der Waals surface area contributed by atoms with Gasteiger partial charge in [-0.1, -0.05) is 30.3 Å². The molecule has 2 aromatic carbocycles. The van der Waals surface area contributed by atoms with Gasteiger partial charge in [-0.25, -0.2) is 0 Å². The second-order valence-corrected chi connectivity index (χ2v) is 8.15. The molecule has 4 aromatic rings. The number of nitrogen functional groups attached to an aromatic ring is 2.